The SMILES string of the molecule is Cc1csc(CNc2cc(CO)ccc2Cl)n1. The number of hydrogen-bond acceptors (Lipinski definition) is 4. The second-order valence-corrected chi connectivity index (χ2v) is 5.06. The van der Waals surface area contributed by atoms with Crippen molar-refractivity contribution in [2.24, 2.45) is 0 Å². The Bertz CT molecular complexity index is 513. The summed E-state index contributed by atoms with van der Waals surface area (Å²) in [4.78, 5) is 4.36. The topological polar surface area (TPSA) is 45.1 Å². The third-order valence-corrected chi connectivity index (χ3v) is 3.61. The molecule has 0 bridgehead atoms. The number of benzene rings is 1. The van der Waals surface area contributed by atoms with Gasteiger partial charge in [0.05, 0.1) is 23.9 Å². The maximum absolute atomic E-state index is 9.06. The molecule has 0 fully saturated rings. The molecular formula is C12H13ClN2OS. The van der Waals surface area contributed by atoms with Gasteiger partial charge in [-0.15, -0.1) is 11.3 Å². The fraction of sp³-hybridized carbons (Fsp3) is 0.250. The van der Waals surface area contributed by atoms with Gasteiger partial charge in [-0.2, -0.15) is 0 Å². The van der Waals surface area contributed by atoms with Gasteiger partial charge in [0, 0.05) is 11.1 Å². The Hall–Kier alpha value is -1.10. The van der Waals surface area contributed by atoms with E-state index in [9.17, 15) is 0 Å². The van der Waals surface area contributed by atoms with Crippen LogP contribution in [-0.2, 0) is 13.2 Å². The number of aliphatic hydroxyl groups is 1. The lowest BCUT2D eigenvalue weighted by molar-refractivity contribution is 0.282. The monoisotopic (exact) mass is 268 g/mol. The third kappa shape index (κ3) is 3.19. The van der Waals surface area contributed by atoms with E-state index >= 15 is 0 Å². The first-order valence-electron chi connectivity index (χ1n) is 5.23. The Kier molecular flexibility index (Phi) is 3.99. The molecule has 0 radical (unpaired) electrons. The summed E-state index contributed by atoms with van der Waals surface area (Å²) < 4.78 is 0. The average Bonchev–Trinajstić information content (AvgIpc) is 2.74. The van der Waals surface area contributed by atoms with E-state index in [4.69, 9.17) is 16.7 Å². The molecule has 1 aromatic heterocycles. The fourth-order valence-corrected chi connectivity index (χ4v) is 2.36. The van der Waals surface area contributed by atoms with Crippen LogP contribution in [0.1, 0.15) is 16.3 Å². The predicted octanol–water partition coefficient (Wildman–Crippen LogP) is 3.21. The molecule has 0 amide bonds. The molecule has 0 aliphatic carbocycles. The Labute approximate surface area is 109 Å². The minimum Gasteiger partial charge on any atom is -0.392 e. The largest absolute Gasteiger partial charge is 0.392 e. The molecule has 0 aliphatic rings. The second kappa shape index (κ2) is 5.49. The number of hydrogen-bond donors (Lipinski definition) is 2. The summed E-state index contributed by atoms with van der Waals surface area (Å²) >= 11 is 7.68. The van der Waals surface area contributed by atoms with Gasteiger partial charge in [-0.3, -0.25) is 0 Å². The summed E-state index contributed by atoms with van der Waals surface area (Å²) in [6.07, 6.45) is 0. The lowest BCUT2D eigenvalue weighted by atomic mass is 10.2. The third-order valence-electron chi connectivity index (χ3n) is 2.31. The maximum Gasteiger partial charge on any atom is 0.112 e. The van der Waals surface area contributed by atoms with E-state index in [1.165, 1.54) is 0 Å². The van der Waals surface area contributed by atoms with Crippen molar-refractivity contribution >= 4 is 28.6 Å². The van der Waals surface area contributed by atoms with E-state index in [-0.39, 0.29) is 6.61 Å². The summed E-state index contributed by atoms with van der Waals surface area (Å²) in [7, 11) is 0. The van der Waals surface area contributed by atoms with E-state index in [1.54, 1.807) is 23.5 Å². The van der Waals surface area contributed by atoms with Crippen molar-refractivity contribution in [1.29, 1.82) is 0 Å². The number of nitrogens with one attached hydrogen (secondary N) is 1. The van der Waals surface area contributed by atoms with Crippen LogP contribution in [0.15, 0.2) is 23.6 Å². The van der Waals surface area contributed by atoms with Crippen LogP contribution in [0.3, 0.4) is 0 Å². The maximum atomic E-state index is 9.06. The number of halogens is 1. The summed E-state index contributed by atoms with van der Waals surface area (Å²) in [6, 6.07) is 5.44. The molecule has 0 atom stereocenters. The van der Waals surface area contributed by atoms with Crippen LogP contribution in [0.2, 0.25) is 5.02 Å². The van der Waals surface area contributed by atoms with Gasteiger partial charge in [-0.25, -0.2) is 4.98 Å². The number of thiazole rings is 1. The zero-order valence-corrected chi connectivity index (χ0v) is 11.0. The summed E-state index contributed by atoms with van der Waals surface area (Å²) in [6.45, 7) is 2.63. The first-order valence-corrected chi connectivity index (χ1v) is 6.49. The van der Waals surface area contributed by atoms with E-state index in [1.807, 2.05) is 18.4 Å². The van der Waals surface area contributed by atoms with E-state index in [0.29, 0.717) is 11.6 Å². The second-order valence-electron chi connectivity index (χ2n) is 3.71. The number of nitrogens with zero attached hydrogens (tertiary/aromatic N) is 1. The molecule has 3 nitrogen and oxygen atoms in total. The molecule has 2 rings (SSSR count). The Morgan fingerprint density at radius 2 is 2.29 bits per heavy atom. The van der Waals surface area contributed by atoms with Gasteiger partial charge < -0.3 is 10.4 Å². The first-order chi connectivity index (χ1) is 8.19. The molecule has 0 saturated carbocycles. The van der Waals surface area contributed by atoms with Crippen LogP contribution in [0.4, 0.5) is 5.69 Å². The van der Waals surface area contributed by atoms with E-state index < -0.39 is 0 Å². The number of aryl methyl sites for hydroxylation is 1. The minimum atomic E-state index is 0.0161. The van der Waals surface area contributed by atoms with Crippen LogP contribution in [-0.4, -0.2) is 10.1 Å². The highest BCUT2D eigenvalue weighted by Gasteiger charge is 2.03. The van der Waals surface area contributed by atoms with E-state index in [2.05, 4.69) is 10.3 Å². The fourth-order valence-electron chi connectivity index (χ4n) is 1.46. The lowest BCUT2D eigenvalue weighted by Gasteiger charge is -2.08. The van der Waals surface area contributed by atoms with Gasteiger partial charge in [0.25, 0.3) is 0 Å². The van der Waals surface area contributed by atoms with Gasteiger partial charge in [0.2, 0.25) is 0 Å². The molecular weight excluding hydrogens is 256 g/mol. The van der Waals surface area contributed by atoms with Crippen molar-refractivity contribution in [3.05, 3.63) is 44.9 Å². The lowest BCUT2D eigenvalue weighted by Crippen LogP contribution is -2.00. The molecule has 17 heavy (non-hydrogen) atoms. The molecule has 5 heteroatoms. The molecule has 0 spiro atoms. The van der Waals surface area contributed by atoms with Crippen molar-refractivity contribution in [3.8, 4) is 0 Å². The first kappa shape index (κ1) is 12.4. The molecule has 2 aromatic rings. The van der Waals surface area contributed by atoms with Crippen LogP contribution in [0.25, 0.3) is 0 Å². The summed E-state index contributed by atoms with van der Waals surface area (Å²) in [5.74, 6) is 0. The number of aliphatic hydroxyl groups excluding tert-OH is 1. The highest BCUT2D eigenvalue weighted by molar-refractivity contribution is 7.09. The van der Waals surface area contributed by atoms with Crippen LogP contribution in [0, 0.1) is 6.92 Å². The quantitative estimate of drug-likeness (QED) is 0.895. The standard InChI is InChI=1S/C12H13ClN2OS/c1-8-7-17-12(15-8)5-14-11-4-9(6-16)2-3-10(11)13/h2-4,7,14,16H,5-6H2,1H3. The van der Waals surface area contributed by atoms with Crippen LogP contribution < -0.4 is 5.32 Å². The molecule has 1 heterocycles. The van der Waals surface area contributed by atoms with Crippen molar-refractivity contribution < 1.29 is 5.11 Å². The predicted molar refractivity (Wildman–Crippen MR) is 71.6 cm³/mol. The zero-order valence-electron chi connectivity index (χ0n) is 9.40. The smallest absolute Gasteiger partial charge is 0.112 e. The number of rotatable bonds is 4. The minimum absolute atomic E-state index is 0.0161. The van der Waals surface area contributed by atoms with Crippen molar-refractivity contribution in [1.82, 2.24) is 4.98 Å². The van der Waals surface area contributed by atoms with Gasteiger partial charge in [-0.1, -0.05) is 17.7 Å². The molecule has 90 valence electrons. The van der Waals surface area contributed by atoms with E-state index in [0.717, 1.165) is 22.0 Å². The summed E-state index contributed by atoms with van der Waals surface area (Å²) in [5, 5.41) is 16.0. The summed E-state index contributed by atoms with van der Waals surface area (Å²) in [5.41, 5.74) is 2.69. The van der Waals surface area contributed by atoms with Gasteiger partial charge in [0.1, 0.15) is 5.01 Å². The Morgan fingerprint density at radius 3 is 2.94 bits per heavy atom. The molecule has 1 aromatic carbocycles. The molecule has 0 unspecified atom stereocenters. The van der Waals surface area contributed by atoms with Crippen LogP contribution in [0.5, 0.6) is 0 Å². The molecule has 0 aliphatic heterocycles. The van der Waals surface area contributed by atoms with Gasteiger partial charge >= 0.3 is 0 Å². The highest BCUT2D eigenvalue weighted by Crippen LogP contribution is 2.24. The zero-order chi connectivity index (χ0) is 12.3. The Morgan fingerprint density at radius 1 is 1.47 bits per heavy atom. The molecule has 2 N–H and O–H groups in total. The highest BCUT2D eigenvalue weighted by atomic mass is 35.5. The van der Waals surface area contributed by atoms with Gasteiger partial charge in [0.15, 0.2) is 0 Å². The number of anilines is 1. The van der Waals surface area contributed by atoms with Crippen molar-refractivity contribution in [3.63, 3.8) is 0 Å². The van der Waals surface area contributed by atoms with Crippen molar-refractivity contribution in [2.75, 3.05) is 5.32 Å². The average molecular weight is 269 g/mol. The Balaban J connectivity index is 2.07. The van der Waals surface area contributed by atoms with Crippen LogP contribution >= 0.6 is 22.9 Å². The van der Waals surface area contributed by atoms with Crippen molar-refractivity contribution in [2.45, 2.75) is 20.1 Å². The normalized spacial score (nSPS) is 10.5. The van der Waals surface area contributed by atoms with Gasteiger partial charge in [-0.05, 0) is 24.6 Å². The molecule has 0 saturated heterocycles. The number of aromatic nitrogens is 1.